The third-order valence-corrected chi connectivity index (χ3v) is 4.40. The van der Waals surface area contributed by atoms with E-state index in [0.29, 0.717) is 18.7 Å². The number of aryl methyl sites for hydroxylation is 1. The summed E-state index contributed by atoms with van der Waals surface area (Å²) in [6.07, 6.45) is 3.00. The molecule has 0 spiro atoms. The van der Waals surface area contributed by atoms with Crippen molar-refractivity contribution in [3.05, 3.63) is 32.6 Å². The first-order valence-electron chi connectivity index (χ1n) is 8.46. The van der Waals surface area contributed by atoms with Crippen molar-refractivity contribution in [1.29, 1.82) is 0 Å². The highest BCUT2D eigenvalue weighted by Crippen LogP contribution is 2.27. The molecule has 2 heterocycles. The average Bonchev–Trinajstić information content (AvgIpc) is 2.94. The number of aliphatic hydroxyl groups is 2. The van der Waals surface area contributed by atoms with Crippen LogP contribution in [-0.2, 0) is 11.3 Å². The Labute approximate surface area is 140 Å². The molecule has 1 aliphatic heterocycles. The molecule has 0 radical (unpaired) electrons. The first kappa shape index (κ1) is 18.9. The highest BCUT2D eigenvalue weighted by molar-refractivity contribution is 5.04. The van der Waals surface area contributed by atoms with Gasteiger partial charge in [0.05, 0.1) is 12.7 Å². The second-order valence-electron chi connectivity index (χ2n) is 6.28. The Hall–Kier alpha value is -1.48. The lowest BCUT2D eigenvalue weighted by Gasteiger charge is -2.17. The molecule has 1 aliphatic rings. The van der Waals surface area contributed by atoms with Crippen molar-refractivity contribution < 1.29 is 14.9 Å². The standard InChI is InChI=1S/C16H27N3O5/c1-11-9-19(14-8-12(21)13(10-20)24-14)16(23)18(15(11)22)7-5-3-2-4-6-17/h9,12-14,20-21H,2-8,10,17H2,1H3/t12-,13+,14+/m0/s1. The molecule has 0 saturated carbocycles. The van der Waals surface area contributed by atoms with Crippen molar-refractivity contribution in [3.63, 3.8) is 0 Å². The van der Waals surface area contributed by atoms with Crippen molar-refractivity contribution >= 4 is 0 Å². The third kappa shape index (κ3) is 4.13. The van der Waals surface area contributed by atoms with Gasteiger partial charge in [0, 0.05) is 24.7 Å². The largest absolute Gasteiger partial charge is 0.394 e. The zero-order valence-corrected chi connectivity index (χ0v) is 14.1. The highest BCUT2D eigenvalue weighted by Gasteiger charge is 2.35. The topological polar surface area (TPSA) is 120 Å². The molecule has 136 valence electrons. The Balaban J connectivity index is 2.19. The summed E-state index contributed by atoms with van der Waals surface area (Å²) in [5.41, 5.74) is 5.16. The van der Waals surface area contributed by atoms with Crippen molar-refractivity contribution in [2.45, 2.75) is 64.0 Å². The number of hydrogen-bond acceptors (Lipinski definition) is 6. The van der Waals surface area contributed by atoms with Crippen LogP contribution in [0.1, 0.15) is 43.9 Å². The maximum atomic E-state index is 12.6. The van der Waals surface area contributed by atoms with Crippen LogP contribution in [0.25, 0.3) is 0 Å². The van der Waals surface area contributed by atoms with Crippen molar-refractivity contribution in [1.82, 2.24) is 9.13 Å². The molecule has 0 aromatic carbocycles. The summed E-state index contributed by atoms with van der Waals surface area (Å²) in [6, 6.07) is 0. The molecule has 0 bridgehead atoms. The Morgan fingerprint density at radius 2 is 2.00 bits per heavy atom. The van der Waals surface area contributed by atoms with E-state index in [2.05, 4.69) is 0 Å². The molecule has 0 unspecified atom stereocenters. The number of rotatable bonds is 8. The second kappa shape index (κ2) is 8.57. The summed E-state index contributed by atoms with van der Waals surface area (Å²) in [5.74, 6) is 0. The predicted octanol–water partition coefficient (Wildman–Crippen LogP) is -0.522. The fourth-order valence-electron chi connectivity index (χ4n) is 2.98. The molecule has 8 nitrogen and oxygen atoms in total. The van der Waals surface area contributed by atoms with Crippen molar-refractivity contribution in [3.8, 4) is 0 Å². The quantitative estimate of drug-likeness (QED) is 0.547. The van der Waals surface area contributed by atoms with Gasteiger partial charge in [-0.15, -0.1) is 0 Å². The van der Waals surface area contributed by atoms with Gasteiger partial charge in [-0.2, -0.15) is 0 Å². The maximum Gasteiger partial charge on any atom is 0.333 e. The van der Waals surface area contributed by atoms with Crippen molar-refractivity contribution in [2.24, 2.45) is 5.73 Å². The Kier molecular flexibility index (Phi) is 6.73. The van der Waals surface area contributed by atoms with Crippen LogP contribution < -0.4 is 17.0 Å². The van der Waals surface area contributed by atoms with Gasteiger partial charge >= 0.3 is 5.69 Å². The SMILES string of the molecule is Cc1cn([C@H]2C[C@H](O)[C@@H](CO)O2)c(=O)n(CCCCCCN)c1=O. The van der Waals surface area contributed by atoms with Gasteiger partial charge in [0.25, 0.3) is 5.56 Å². The second-order valence-corrected chi connectivity index (χ2v) is 6.28. The molecule has 2 rings (SSSR count). The van der Waals surface area contributed by atoms with E-state index in [1.165, 1.54) is 15.3 Å². The molecule has 1 fully saturated rings. The average molecular weight is 341 g/mol. The van der Waals surface area contributed by atoms with Crippen LogP contribution in [0.5, 0.6) is 0 Å². The monoisotopic (exact) mass is 341 g/mol. The zero-order valence-electron chi connectivity index (χ0n) is 14.1. The number of nitrogens with zero attached hydrogens (tertiary/aromatic N) is 2. The van der Waals surface area contributed by atoms with Crippen LogP contribution in [0.15, 0.2) is 15.8 Å². The molecule has 0 amide bonds. The molecule has 4 N–H and O–H groups in total. The van der Waals surface area contributed by atoms with E-state index in [1.807, 2.05) is 0 Å². The van der Waals surface area contributed by atoms with E-state index >= 15 is 0 Å². The lowest BCUT2D eigenvalue weighted by atomic mass is 10.2. The molecule has 1 saturated heterocycles. The Morgan fingerprint density at radius 1 is 1.29 bits per heavy atom. The molecule has 24 heavy (non-hydrogen) atoms. The lowest BCUT2D eigenvalue weighted by molar-refractivity contribution is -0.0464. The number of nitrogens with two attached hydrogens (primary N) is 1. The number of aromatic nitrogens is 2. The zero-order chi connectivity index (χ0) is 17.7. The van der Waals surface area contributed by atoms with E-state index in [1.54, 1.807) is 6.92 Å². The fraction of sp³-hybridized carbons (Fsp3) is 0.750. The summed E-state index contributed by atoms with van der Waals surface area (Å²) < 4.78 is 8.10. The first-order chi connectivity index (χ1) is 11.5. The molecule has 3 atom stereocenters. The number of ether oxygens (including phenoxy) is 1. The highest BCUT2D eigenvalue weighted by atomic mass is 16.5. The Bertz CT molecular complexity index is 654. The maximum absolute atomic E-state index is 12.6. The molecular weight excluding hydrogens is 314 g/mol. The molecule has 1 aromatic heterocycles. The molecule has 8 heteroatoms. The number of unbranched alkanes of at least 4 members (excludes halogenated alkanes) is 3. The van der Waals surface area contributed by atoms with Gasteiger partial charge < -0.3 is 20.7 Å². The first-order valence-corrected chi connectivity index (χ1v) is 8.46. The minimum Gasteiger partial charge on any atom is -0.394 e. The van der Waals surface area contributed by atoms with Crippen LogP contribution >= 0.6 is 0 Å². The van der Waals surface area contributed by atoms with E-state index in [9.17, 15) is 19.8 Å². The summed E-state index contributed by atoms with van der Waals surface area (Å²) in [5, 5.41) is 19.0. The van der Waals surface area contributed by atoms with Gasteiger partial charge in [-0.05, 0) is 26.3 Å². The van der Waals surface area contributed by atoms with Gasteiger partial charge in [0.1, 0.15) is 12.3 Å². The van der Waals surface area contributed by atoms with Crippen LogP contribution in [0.4, 0.5) is 0 Å². The Morgan fingerprint density at radius 3 is 2.62 bits per heavy atom. The van der Waals surface area contributed by atoms with E-state index in [0.717, 1.165) is 25.7 Å². The molecular formula is C16H27N3O5. The van der Waals surface area contributed by atoms with Crippen LogP contribution in [0.3, 0.4) is 0 Å². The van der Waals surface area contributed by atoms with E-state index < -0.39 is 24.1 Å². The normalized spacial score (nSPS) is 23.8. The van der Waals surface area contributed by atoms with Gasteiger partial charge in [0.2, 0.25) is 0 Å². The van der Waals surface area contributed by atoms with Crippen molar-refractivity contribution in [2.75, 3.05) is 13.2 Å². The molecule has 0 aliphatic carbocycles. The van der Waals surface area contributed by atoms with E-state index in [-0.39, 0.29) is 18.6 Å². The minimum absolute atomic E-state index is 0.208. The van der Waals surface area contributed by atoms with E-state index in [4.69, 9.17) is 10.5 Å². The van der Waals surface area contributed by atoms with Gasteiger partial charge in [-0.1, -0.05) is 12.8 Å². The van der Waals surface area contributed by atoms with Crippen LogP contribution in [0.2, 0.25) is 0 Å². The fourth-order valence-corrected chi connectivity index (χ4v) is 2.98. The lowest BCUT2D eigenvalue weighted by Crippen LogP contribution is -2.42. The summed E-state index contributed by atoms with van der Waals surface area (Å²) in [7, 11) is 0. The smallest absolute Gasteiger partial charge is 0.333 e. The van der Waals surface area contributed by atoms with Crippen LogP contribution in [-0.4, -0.2) is 44.7 Å². The predicted molar refractivity (Wildman–Crippen MR) is 88.8 cm³/mol. The summed E-state index contributed by atoms with van der Waals surface area (Å²) in [4.78, 5) is 24.9. The van der Waals surface area contributed by atoms with Gasteiger partial charge in [-0.3, -0.25) is 13.9 Å². The third-order valence-electron chi connectivity index (χ3n) is 4.40. The van der Waals surface area contributed by atoms with Gasteiger partial charge in [-0.25, -0.2) is 4.79 Å². The number of aliphatic hydroxyl groups excluding tert-OH is 2. The van der Waals surface area contributed by atoms with Gasteiger partial charge in [0.15, 0.2) is 0 Å². The summed E-state index contributed by atoms with van der Waals surface area (Å²) >= 11 is 0. The molecule has 1 aromatic rings. The summed E-state index contributed by atoms with van der Waals surface area (Å²) in [6.45, 7) is 2.33. The number of hydrogen-bond donors (Lipinski definition) is 3. The minimum atomic E-state index is -0.830. The van der Waals surface area contributed by atoms with Crippen LogP contribution in [0, 0.1) is 6.92 Å².